The number of rotatable bonds is 5. The Kier molecular flexibility index (Phi) is 6.05. The van der Waals surface area contributed by atoms with Gasteiger partial charge in [-0.3, -0.25) is 4.79 Å². The molecule has 0 radical (unpaired) electrons. The summed E-state index contributed by atoms with van der Waals surface area (Å²) in [7, 11) is 0. The molecule has 1 fully saturated rings. The zero-order chi connectivity index (χ0) is 20.9. The molecule has 4 rings (SSSR count). The molecule has 2 heterocycles. The number of benzene rings is 2. The molecule has 0 saturated carbocycles. The van der Waals surface area contributed by atoms with Crippen molar-refractivity contribution in [3.8, 4) is 11.4 Å². The van der Waals surface area contributed by atoms with E-state index < -0.39 is 0 Å². The fourth-order valence-electron chi connectivity index (χ4n) is 3.57. The average molecular weight is 402 g/mol. The van der Waals surface area contributed by atoms with Crippen LogP contribution in [0, 0.1) is 6.92 Å². The Balaban J connectivity index is 1.66. The van der Waals surface area contributed by atoms with Gasteiger partial charge in [-0.15, -0.1) is 0 Å². The topological polar surface area (TPSA) is 67.4 Å². The molecule has 154 valence electrons. The maximum Gasteiger partial charge on any atom is 0.257 e. The van der Waals surface area contributed by atoms with E-state index in [0.717, 1.165) is 16.7 Å². The van der Waals surface area contributed by atoms with Gasteiger partial charge >= 0.3 is 0 Å². The predicted molar refractivity (Wildman–Crippen MR) is 118 cm³/mol. The van der Waals surface area contributed by atoms with Crippen LogP contribution in [0.5, 0.6) is 0 Å². The molecular formula is C24H26N4O2. The zero-order valence-electron chi connectivity index (χ0n) is 17.3. The van der Waals surface area contributed by atoms with E-state index in [1.54, 1.807) is 6.20 Å². The lowest BCUT2D eigenvalue weighted by atomic mass is 10.1. The third-order valence-electron chi connectivity index (χ3n) is 5.25. The van der Waals surface area contributed by atoms with Gasteiger partial charge in [-0.25, -0.2) is 9.97 Å². The third kappa shape index (κ3) is 4.49. The van der Waals surface area contributed by atoms with Gasteiger partial charge in [0, 0.05) is 24.8 Å². The number of carbonyl (C=O) groups is 1. The maximum absolute atomic E-state index is 13.1. The van der Waals surface area contributed by atoms with Crippen LogP contribution in [-0.2, 0) is 4.74 Å². The van der Waals surface area contributed by atoms with Crippen molar-refractivity contribution in [2.24, 2.45) is 0 Å². The van der Waals surface area contributed by atoms with Crippen LogP contribution in [-0.4, -0.2) is 42.2 Å². The van der Waals surface area contributed by atoms with E-state index in [2.05, 4.69) is 21.3 Å². The molecule has 2 aromatic carbocycles. The standard InChI is InChI=1S/C24H26N4O2/c1-17-7-6-10-20(15-17)22-25-16-21(23(27-22)28-11-13-30-14-12-28)24(29)26-18(2)19-8-4-3-5-9-19/h3-10,15-16,18H,11-14H2,1-2H3,(H,26,29). The number of morpholine rings is 1. The van der Waals surface area contributed by atoms with Crippen LogP contribution in [0.4, 0.5) is 5.82 Å². The van der Waals surface area contributed by atoms with Gasteiger partial charge in [0.15, 0.2) is 5.82 Å². The van der Waals surface area contributed by atoms with E-state index >= 15 is 0 Å². The van der Waals surface area contributed by atoms with Crippen LogP contribution in [0.25, 0.3) is 11.4 Å². The van der Waals surface area contributed by atoms with Gasteiger partial charge < -0.3 is 15.0 Å². The highest BCUT2D eigenvalue weighted by atomic mass is 16.5. The lowest BCUT2D eigenvalue weighted by molar-refractivity contribution is 0.0937. The molecule has 0 bridgehead atoms. The highest BCUT2D eigenvalue weighted by Gasteiger charge is 2.23. The molecule has 1 atom stereocenters. The number of carbonyl (C=O) groups excluding carboxylic acids is 1. The summed E-state index contributed by atoms with van der Waals surface area (Å²) in [5.74, 6) is 1.10. The van der Waals surface area contributed by atoms with Gasteiger partial charge in [-0.05, 0) is 25.5 Å². The number of nitrogens with zero attached hydrogens (tertiary/aromatic N) is 3. The number of hydrogen-bond donors (Lipinski definition) is 1. The first-order valence-corrected chi connectivity index (χ1v) is 10.2. The van der Waals surface area contributed by atoms with Crippen LogP contribution in [0.1, 0.15) is 34.5 Å². The van der Waals surface area contributed by atoms with Crippen molar-refractivity contribution in [3.05, 3.63) is 77.5 Å². The normalized spacial score (nSPS) is 14.9. The Bertz CT molecular complexity index is 1020. The summed E-state index contributed by atoms with van der Waals surface area (Å²) in [6.07, 6.45) is 1.64. The summed E-state index contributed by atoms with van der Waals surface area (Å²) in [4.78, 5) is 24.6. The zero-order valence-corrected chi connectivity index (χ0v) is 17.3. The minimum absolute atomic E-state index is 0.118. The van der Waals surface area contributed by atoms with E-state index in [-0.39, 0.29) is 11.9 Å². The Morgan fingerprint density at radius 2 is 1.87 bits per heavy atom. The van der Waals surface area contributed by atoms with E-state index in [9.17, 15) is 4.79 Å². The Hall–Kier alpha value is -3.25. The lowest BCUT2D eigenvalue weighted by Crippen LogP contribution is -2.39. The van der Waals surface area contributed by atoms with Crippen LogP contribution in [0.2, 0.25) is 0 Å². The molecule has 0 spiro atoms. The van der Waals surface area contributed by atoms with Crippen LogP contribution in [0.15, 0.2) is 60.8 Å². The van der Waals surface area contributed by atoms with Gasteiger partial charge in [-0.2, -0.15) is 0 Å². The van der Waals surface area contributed by atoms with Crippen molar-refractivity contribution < 1.29 is 9.53 Å². The molecule has 1 unspecified atom stereocenters. The van der Waals surface area contributed by atoms with Crippen molar-refractivity contribution in [1.82, 2.24) is 15.3 Å². The molecule has 1 aromatic heterocycles. The summed E-state index contributed by atoms with van der Waals surface area (Å²) in [5, 5.41) is 3.08. The molecular weight excluding hydrogens is 376 g/mol. The van der Waals surface area contributed by atoms with E-state index in [1.807, 2.05) is 62.4 Å². The number of amides is 1. The number of aromatic nitrogens is 2. The molecule has 3 aromatic rings. The average Bonchev–Trinajstić information content (AvgIpc) is 2.80. The second-order valence-electron chi connectivity index (χ2n) is 7.51. The molecule has 6 nitrogen and oxygen atoms in total. The van der Waals surface area contributed by atoms with Gasteiger partial charge in [0.2, 0.25) is 0 Å². The SMILES string of the molecule is Cc1cccc(-c2ncc(C(=O)NC(C)c3ccccc3)c(N3CCOCC3)n2)c1. The number of ether oxygens (including phenoxy) is 1. The third-order valence-corrected chi connectivity index (χ3v) is 5.25. The fraction of sp³-hybridized carbons (Fsp3) is 0.292. The van der Waals surface area contributed by atoms with Crippen molar-refractivity contribution >= 4 is 11.7 Å². The van der Waals surface area contributed by atoms with Crippen molar-refractivity contribution in [3.63, 3.8) is 0 Å². The predicted octanol–water partition coefficient (Wildman–Crippen LogP) is 3.78. The van der Waals surface area contributed by atoms with E-state index in [4.69, 9.17) is 9.72 Å². The minimum atomic E-state index is -0.177. The first-order valence-electron chi connectivity index (χ1n) is 10.2. The largest absolute Gasteiger partial charge is 0.378 e. The monoisotopic (exact) mass is 402 g/mol. The highest BCUT2D eigenvalue weighted by Crippen LogP contribution is 2.24. The molecule has 1 amide bonds. The number of aryl methyl sites for hydroxylation is 1. The molecule has 1 saturated heterocycles. The summed E-state index contributed by atoms with van der Waals surface area (Å²) < 4.78 is 5.49. The number of nitrogens with one attached hydrogen (secondary N) is 1. The smallest absolute Gasteiger partial charge is 0.257 e. The fourth-order valence-corrected chi connectivity index (χ4v) is 3.57. The summed E-state index contributed by atoms with van der Waals surface area (Å²) in [6, 6.07) is 17.9. The second-order valence-corrected chi connectivity index (χ2v) is 7.51. The van der Waals surface area contributed by atoms with Crippen molar-refractivity contribution in [1.29, 1.82) is 0 Å². The van der Waals surface area contributed by atoms with Gasteiger partial charge in [-0.1, -0.05) is 54.1 Å². The van der Waals surface area contributed by atoms with Gasteiger partial charge in [0.25, 0.3) is 5.91 Å². The number of hydrogen-bond acceptors (Lipinski definition) is 5. The van der Waals surface area contributed by atoms with Gasteiger partial charge in [0.05, 0.1) is 19.3 Å². The molecule has 1 aliphatic rings. The summed E-state index contributed by atoms with van der Waals surface area (Å²) in [5.41, 5.74) is 3.61. The summed E-state index contributed by atoms with van der Waals surface area (Å²) in [6.45, 7) is 6.64. The van der Waals surface area contributed by atoms with Crippen LogP contribution >= 0.6 is 0 Å². The quantitative estimate of drug-likeness (QED) is 0.704. The first-order chi connectivity index (χ1) is 14.6. The van der Waals surface area contributed by atoms with Gasteiger partial charge in [0.1, 0.15) is 11.4 Å². The molecule has 30 heavy (non-hydrogen) atoms. The molecule has 0 aliphatic carbocycles. The minimum Gasteiger partial charge on any atom is -0.378 e. The van der Waals surface area contributed by atoms with Crippen molar-refractivity contribution in [2.75, 3.05) is 31.2 Å². The molecule has 6 heteroatoms. The summed E-state index contributed by atoms with van der Waals surface area (Å²) >= 11 is 0. The Labute approximate surface area is 176 Å². The van der Waals surface area contributed by atoms with Crippen LogP contribution < -0.4 is 10.2 Å². The Morgan fingerprint density at radius 1 is 1.10 bits per heavy atom. The number of anilines is 1. The lowest BCUT2D eigenvalue weighted by Gasteiger charge is -2.29. The second kappa shape index (κ2) is 9.05. The Morgan fingerprint density at radius 3 is 2.60 bits per heavy atom. The first kappa shape index (κ1) is 20.0. The van der Waals surface area contributed by atoms with Crippen LogP contribution in [0.3, 0.4) is 0 Å². The maximum atomic E-state index is 13.1. The highest BCUT2D eigenvalue weighted by molar-refractivity contribution is 5.99. The molecule has 1 aliphatic heterocycles. The van der Waals surface area contributed by atoms with E-state index in [1.165, 1.54) is 0 Å². The van der Waals surface area contributed by atoms with Crippen molar-refractivity contribution in [2.45, 2.75) is 19.9 Å². The van der Waals surface area contributed by atoms with E-state index in [0.29, 0.717) is 43.5 Å². The molecule has 1 N–H and O–H groups in total.